The van der Waals surface area contributed by atoms with E-state index >= 15 is 0 Å². The normalized spacial score (nSPS) is 17.9. The Morgan fingerprint density at radius 3 is 2.10 bits per heavy atom. The van der Waals surface area contributed by atoms with Crippen LogP contribution in [0, 0.1) is 0 Å². The molecule has 4 rings (SSSR count). The summed E-state index contributed by atoms with van der Waals surface area (Å²) in [6.07, 6.45) is 8.73. The molecule has 2 aliphatic rings. The van der Waals surface area contributed by atoms with Crippen LogP contribution < -0.4 is 4.90 Å². The van der Waals surface area contributed by atoms with Gasteiger partial charge in [-0.15, -0.1) is 11.3 Å². The Bertz CT molecular complexity index is 860. The monoisotopic (exact) mass is 423 g/mol. The highest BCUT2D eigenvalue weighted by Crippen LogP contribution is 2.20. The first-order valence-corrected chi connectivity index (χ1v) is 11.7. The maximum Gasteiger partial charge on any atom is 0.264 e. The molecule has 2 saturated heterocycles. The summed E-state index contributed by atoms with van der Waals surface area (Å²) >= 11 is 1.46. The van der Waals surface area contributed by atoms with Crippen LogP contribution in [0.5, 0.6) is 0 Å². The molecule has 2 amide bonds. The summed E-state index contributed by atoms with van der Waals surface area (Å²) in [4.78, 5) is 31.9. The molecule has 158 valence electrons. The van der Waals surface area contributed by atoms with Crippen LogP contribution in [-0.4, -0.2) is 60.9 Å². The zero-order valence-corrected chi connectivity index (χ0v) is 18.2. The molecule has 0 bridgehead atoms. The highest BCUT2D eigenvalue weighted by Gasteiger charge is 2.24. The Hall–Kier alpha value is -2.60. The number of piperazine rings is 1. The maximum atomic E-state index is 12.6. The van der Waals surface area contributed by atoms with Gasteiger partial charge in [0.15, 0.2) is 0 Å². The average molecular weight is 424 g/mol. The van der Waals surface area contributed by atoms with Crippen LogP contribution in [-0.2, 0) is 4.79 Å². The van der Waals surface area contributed by atoms with E-state index in [2.05, 4.69) is 29.2 Å². The van der Waals surface area contributed by atoms with E-state index < -0.39 is 0 Å². The Labute approximate surface area is 182 Å². The fourth-order valence-electron chi connectivity index (χ4n) is 4.08. The minimum absolute atomic E-state index is 0.00909. The second-order valence-corrected chi connectivity index (χ2v) is 8.87. The lowest BCUT2D eigenvalue weighted by Gasteiger charge is -2.34. The Morgan fingerprint density at radius 2 is 1.47 bits per heavy atom. The maximum absolute atomic E-state index is 12.6. The van der Waals surface area contributed by atoms with Crippen molar-refractivity contribution in [3.63, 3.8) is 0 Å². The Balaban J connectivity index is 1.28. The van der Waals surface area contributed by atoms with Crippen LogP contribution in [0.4, 0.5) is 5.69 Å². The molecule has 2 aliphatic heterocycles. The largest absolute Gasteiger partial charge is 0.372 e. The lowest BCUT2D eigenvalue weighted by molar-refractivity contribution is -0.127. The predicted octanol–water partition coefficient (Wildman–Crippen LogP) is 4.13. The second kappa shape index (κ2) is 9.94. The van der Waals surface area contributed by atoms with Crippen molar-refractivity contribution in [3.8, 4) is 0 Å². The van der Waals surface area contributed by atoms with Gasteiger partial charge in [-0.25, -0.2) is 0 Å². The smallest absolute Gasteiger partial charge is 0.264 e. The number of thiophene rings is 1. The van der Waals surface area contributed by atoms with Crippen molar-refractivity contribution in [2.24, 2.45) is 0 Å². The Morgan fingerprint density at radius 1 is 0.800 bits per heavy atom. The van der Waals surface area contributed by atoms with Crippen LogP contribution in [0.15, 0.2) is 47.9 Å². The quantitative estimate of drug-likeness (QED) is 0.695. The second-order valence-electron chi connectivity index (χ2n) is 7.92. The fraction of sp³-hybridized carbons (Fsp3) is 0.417. The van der Waals surface area contributed by atoms with Crippen LogP contribution in [0.1, 0.15) is 40.9 Å². The molecule has 6 heteroatoms. The van der Waals surface area contributed by atoms with Crippen LogP contribution >= 0.6 is 11.3 Å². The number of carbonyl (C=O) groups excluding carboxylic acids is 2. The Kier molecular flexibility index (Phi) is 6.84. The fourth-order valence-corrected chi connectivity index (χ4v) is 4.77. The first kappa shape index (κ1) is 20.7. The van der Waals surface area contributed by atoms with Gasteiger partial charge in [0.25, 0.3) is 5.91 Å². The minimum atomic E-state index is 0.00909. The molecular formula is C24H29N3O2S. The minimum Gasteiger partial charge on any atom is -0.372 e. The summed E-state index contributed by atoms with van der Waals surface area (Å²) < 4.78 is 0. The van der Waals surface area contributed by atoms with Crippen molar-refractivity contribution in [2.75, 3.05) is 44.2 Å². The van der Waals surface area contributed by atoms with E-state index in [-0.39, 0.29) is 11.8 Å². The molecule has 3 heterocycles. The van der Waals surface area contributed by atoms with Gasteiger partial charge in [-0.05, 0) is 48.1 Å². The zero-order chi connectivity index (χ0) is 20.8. The standard InChI is InChI=1S/C24H29N3O2S/c28-23(26-15-17-27(18-16-26)24(29)22-6-5-19-30-22)12-9-20-7-10-21(11-8-20)25-13-3-1-2-4-14-25/h5-12,19H,1-4,13-18H2. The number of benzene rings is 1. The third-order valence-corrected chi connectivity index (χ3v) is 6.75. The number of hydrogen-bond acceptors (Lipinski definition) is 4. The van der Waals surface area contributed by atoms with Gasteiger partial charge in [0.05, 0.1) is 4.88 Å². The molecule has 30 heavy (non-hydrogen) atoms. The van der Waals surface area contributed by atoms with E-state index in [9.17, 15) is 9.59 Å². The van der Waals surface area contributed by atoms with E-state index in [1.54, 1.807) is 6.08 Å². The van der Waals surface area contributed by atoms with Gasteiger partial charge >= 0.3 is 0 Å². The first-order valence-electron chi connectivity index (χ1n) is 10.9. The topological polar surface area (TPSA) is 43.9 Å². The van der Waals surface area contributed by atoms with Gasteiger partial charge in [0, 0.05) is 51.0 Å². The summed E-state index contributed by atoms with van der Waals surface area (Å²) in [6.45, 7) is 4.59. The molecule has 1 aromatic heterocycles. The molecule has 0 N–H and O–H groups in total. The lowest BCUT2D eigenvalue weighted by atomic mass is 10.1. The molecule has 0 unspecified atom stereocenters. The van der Waals surface area contributed by atoms with Gasteiger partial charge in [-0.2, -0.15) is 0 Å². The molecule has 0 atom stereocenters. The first-order chi connectivity index (χ1) is 14.7. The van der Waals surface area contributed by atoms with Gasteiger partial charge in [0.1, 0.15) is 0 Å². The van der Waals surface area contributed by atoms with Gasteiger partial charge in [-0.1, -0.05) is 31.0 Å². The number of carbonyl (C=O) groups is 2. The van der Waals surface area contributed by atoms with E-state index in [1.165, 1.54) is 42.7 Å². The van der Waals surface area contributed by atoms with Crippen molar-refractivity contribution in [1.82, 2.24) is 9.80 Å². The molecule has 0 aliphatic carbocycles. The molecule has 0 radical (unpaired) electrons. The van der Waals surface area contributed by atoms with Gasteiger partial charge < -0.3 is 14.7 Å². The van der Waals surface area contributed by atoms with Crippen LogP contribution in [0.3, 0.4) is 0 Å². The highest BCUT2D eigenvalue weighted by molar-refractivity contribution is 7.12. The SMILES string of the molecule is O=C(C=Cc1ccc(N2CCCCCC2)cc1)N1CCN(C(=O)c2cccs2)CC1. The number of rotatable bonds is 4. The van der Waals surface area contributed by atoms with E-state index in [0.717, 1.165) is 23.5 Å². The molecule has 1 aromatic carbocycles. The molecule has 0 spiro atoms. The zero-order valence-electron chi connectivity index (χ0n) is 17.3. The van der Waals surface area contributed by atoms with Crippen molar-refractivity contribution in [1.29, 1.82) is 0 Å². The average Bonchev–Trinajstić information content (AvgIpc) is 3.20. The van der Waals surface area contributed by atoms with E-state index in [4.69, 9.17) is 0 Å². The summed E-state index contributed by atoms with van der Waals surface area (Å²) in [6, 6.07) is 12.2. The molecule has 2 aromatic rings. The van der Waals surface area contributed by atoms with E-state index in [1.807, 2.05) is 33.4 Å². The predicted molar refractivity (Wildman–Crippen MR) is 123 cm³/mol. The van der Waals surface area contributed by atoms with Crippen molar-refractivity contribution in [3.05, 3.63) is 58.3 Å². The lowest BCUT2D eigenvalue weighted by Crippen LogP contribution is -2.50. The van der Waals surface area contributed by atoms with E-state index in [0.29, 0.717) is 26.2 Å². The van der Waals surface area contributed by atoms with Crippen LogP contribution in [0.2, 0.25) is 0 Å². The van der Waals surface area contributed by atoms with Gasteiger partial charge in [0.2, 0.25) is 5.91 Å². The summed E-state index contributed by atoms with van der Waals surface area (Å²) in [7, 11) is 0. The third-order valence-electron chi connectivity index (χ3n) is 5.89. The molecule has 5 nitrogen and oxygen atoms in total. The van der Waals surface area contributed by atoms with Crippen molar-refractivity contribution in [2.45, 2.75) is 25.7 Å². The van der Waals surface area contributed by atoms with Crippen molar-refractivity contribution >= 4 is 34.9 Å². The summed E-state index contributed by atoms with van der Waals surface area (Å²) in [5, 5.41) is 1.91. The summed E-state index contributed by atoms with van der Waals surface area (Å²) in [5.74, 6) is 0.0759. The van der Waals surface area contributed by atoms with Gasteiger partial charge in [-0.3, -0.25) is 9.59 Å². The number of anilines is 1. The molecule has 2 fully saturated rings. The number of nitrogens with zero attached hydrogens (tertiary/aromatic N) is 3. The van der Waals surface area contributed by atoms with Crippen molar-refractivity contribution < 1.29 is 9.59 Å². The third kappa shape index (κ3) is 5.11. The number of amides is 2. The molecular weight excluding hydrogens is 394 g/mol. The number of hydrogen-bond donors (Lipinski definition) is 0. The van der Waals surface area contributed by atoms with Crippen LogP contribution in [0.25, 0.3) is 6.08 Å². The highest BCUT2D eigenvalue weighted by atomic mass is 32.1. The summed E-state index contributed by atoms with van der Waals surface area (Å²) in [5.41, 5.74) is 2.31. The molecule has 0 saturated carbocycles.